The van der Waals surface area contributed by atoms with Crippen molar-refractivity contribution in [1.29, 1.82) is 0 Å². The molecule has 1 heterocycles. The fourth-order valence-corrected chi connectivity index (χ4v) is 4.40. The summed E-state index contributed by atoms with van der Waals surface area (Å²) in [5, 5.41) is 4.03. The lowest BCUT2D eigenvalue weighted by molar-refractivity contribution is 0.102. The summed E-state index contributed by atoms with van der Waals surface area (Å²) in [4.78, 5) is 17.1. The van der Waals surface area contributed by atoms with Gasteiger partial charge in [-0.1, -0.05) is 6.07 Å². The van der Waals surface area contributed by atoms with Crippen molar-refractivity contribution in [3.63, 3.8) is 0 Å². The summed E-state index contributed by atoms with van der Waals surface area (Å²) in [5.74, 6) is 0.309. The molecule has 8 heteroatoms. The Morgan fingerprint density at radius 1 is 1.15 bits per heavy atom. The average Bonchev–Trinajstić information content (AvgIpc) is 3.33. The summed E-state index contributed by atoms with van der Waals surface area (Å²) in [5.41, 5.74) is 2.37. The second-order valence-electron chi connectivity index (χ2n) is 6.42. The predicted molar refractivity (Wildman–Crippen MR) is 104 cm³/mol. The number of aromatic nitrogens is 1. The lowest BCUT2D eigenvalue weighted by Gasteiger charge is -2.08. The number of rotatable bonds is 5. The lowest BCUT2D eigenvalue weighted by atomic mass is 10.2. The molecule has 0 radical (unpaired) electrons. The van der Waals surface area contributed by atoms with Gasteiger partial charge in [0.25, 0.3) is 5.91 Å². The van der Waals surface area contributed by atoms with Crippen molar-refractivity contribution >= 4 is 48.9 Å². The number of nitrogens with one attached hydrogen (secondary N) is 2. The first kappa shape index (κ1) is 17.0. The highest BCUT2D eigenvalue weighted by Crippen LogP contribution is 2.43. The minimum Gasteiger partial charge on any atom is -0.322 e. The molecule has 1 amide bonds. The van der Waals surface area contributed by atoms with Crippen molar-refractivity contribution < 1.29 is 13.2 Å². The Morgan fingerprint density at radius 2 is 1.96 bits per heavy atom. The third-order valence-electron chi connectivity index (χ3n) is 4.02. The number of anilines is 2. The fraction of sp³-hybridized carbons (Fsp3) is 0.222. The molecule has 6 nitrogen and oxygen atoms in total. The Bertz CT molecular complexity index is 1100. The van der Waals surface area contributed by atoms with Gasteiger partial charge in [0.15, 0.2) is 0 Å². The van der Waals surface area contributed by atoms with E-state index in [-0.39, 0.29) is 5.91 Å². The third-order valence-corrected chi connectivity index (χ3v) is 5.80. The van der Waals surface area contributed by atoms with Gasteiger partial charge in [0.1, 0.15) is 0 Å². The molecule has 0 unspecified atom stereocenters. The van der Waals surface area contributed by atoms with Crippen LogP contribution in [0.5, 0.6) is 0 Å². The molecular formula is C18H17N3O3S2. The zero-order valence-electron chi connectivity index (χ0n) is 14.0. The van der Waals surface area contributed by atoms with Crippen LogP contribution in [-0.4, -0.2) is 25.6 Å². The molecule has 3 aromatic rings. The molecule has 134 valence electrons. The van der Waals surface area contributed by atoms with Crippen LogP contribution in [0.3, 0.4) is 0 Å². The largest absolute Gasteiger partial charge is 0.322 e. The van der Waals surface area contributed by atoms with Crippen LogP contribution in [0.2, 0.25) is 0 Å². The Morgan fingerprint density at radius 3 is 2.69 bits per heavy atom. The van der Waals surface area contributed by atoms with Crippen LogP contribution in [0.25, 0.3) is 10.2 Å². The summed E-state index contributed by atoms with van der Waals surface area (Å²) in [7, 11) is -3.39. The van der Waals surface area contributed by atoms with Crippen LogP contribution >= 0.6 is 11.3 Å². The van der Waals surface area contributed by atoms with Gasteiger partial charge in [-0.3, -0.25) is 9.52 Å². The topological polar surface area (TPSA) is 88.2 Å². The first-order valence-electron chi connectivity index (χ1n) is 8.17. The molecule has 1 aliphatic carbocycles. The highest BCUT2D eigenvalue weighted by Gasteiger charge is 2.27. The molecule has 0 bridgehead atoms. The number of benzene rings is 2. The number of amides is 1. The van der Waals surface area contributed by atoms with Crippen LogP contribution in [0.1, 0.15) is 34.1 Å². The SMILES string of the molecule is CS(=O)(=O)Nc1cccc(C(=O)Nc2ccc3nc(C4CC4)sc3c2)c1. The van der Waals surface area contributed by atoms with E-state index in [0.717, 1.165) is 16.5 Å². The van der Waals surface area contributed by atoms with Gasteiger partial charge >= 0.3 is 0 Å². The van der Waals surface area contributed by atoms with Crippen LogP contribution in [-0.2, 0) is 10.0 Å². The molecule has 1 fully saturated rings. The summed E-state index contributed by atoms with van der Waals surface area (Å²) in [6, 6.07) is 12.0. The van der Waals surface area contributed by atoms with E-state index < -0.39 is 10.0 Å². The molecule has 2 aromatic carbocycles. The molecule has 1 aromatic heterocycles. The van der Waals surface area contributed by atoms with E-state index in [9.17, 15) is 13.2 Å². The Balaban J connectivity index is 1.54. The zero-order valence-corrected chi connectivity index (χ0v) is 15.7. The van der Waals surface area contributed by atoms with E-state index in [1.165, 1.54) is 23.9 Å². The number of hydrogen-bond donors (Lipinski definition) is 2. The first-order valence-corrected chi connectivity index (χ1v) is 10.9. The Labute approximate surface area is 155 Å². The second-order valence-corrected chi connectivity index (χ2v) is 9.23. The number of fused-ring (bicyclic) bond motifs is 1. The van der Waals surface area contributed by atoms with Crippen LogP contribution in [0.15, 0.2) is 42.5 Å². The van der Waals surface area contributed by atoms with Gasteiger partial charge < -0.3 is 5.32 Å². The van der Waals surface area contributed by atoms with Crippen molar-refractivity contribution in [3.05, 3.63) is 53.0 Å². The van der Waals surface area contributed by atoms with Gasteiger partial charge in [-0.05, 0) is 49.2 Å². The lowest BCUT2D eigenvalue weighted by Crippen LogP contribution is -2.13. The van der Waals surface area contributed by atoms with Crippen molar-refractivity contribution in [2.24, 2.45) is 0 Å². The van der Waals surface area contributed by atoms with E-state index >= 15 is 0 Å². The first-order chi connectivity index (χ1) is 12.4. The molecule has 4 rings (SSSR count). The number of carbonyl (C=O) groups excluding carboxylic acids is 1. The minimum absolute atomic E-state index is 0.298. The monoisotopic (exact) mass is 387 g/mol. The minimum atomic E-state index is -3.39. The maximum atomic E-state index is 12.5. The second kappa shape index (κ2) is 6.37. The molecule has 0 aliphatic heterocycles. The average molecular weight is 387 g/mol. The molecule has 1 aliphatic rings. The number of hydrogen-bond acceptors (Lipinski definition) is 5. The van der Waals surface area contributed by atoms with E-state index in [4.69, 9.17) is 0 Å². The maximum Gasteiger partial charge on any atom is 0.255 e. The molecule has 2 N–H and O–H groups in total. The van der Waals surface area contributed by atoms with Gasteiger partial charge in [-0.2, -0.15) is 0 Å². The third kappa shape index (κ3) is 3.86. The van der Waals surface area contributed by atoms with Crippen molar-refractivity contribution in [2.45, 2.75) is 18.8 Å². The molecule has 1 saturated carbocycles. The smallest absolute Gasteiger partial charge is 0.255 e. The highest BCUT2D eigenvalue weighted by atomic mass is 32.2. The Kier molecular flexibility index (Phi) is 4.16. The van der Waals surface area contributed by atoms with Gasteiger partial charge in [0.05, 0.1) is 21.5 Å². The fourth-order valence-electron chi connectivity index (χ4n) is 2.67. The number of carbonyl (C=O) groups is 1. The number of sulfonamides is 1. The van der Waals surface area contributed by atoms with E-state index in [2.05, 4.69) is 15.0 Å². The molecular weight excluding hydrogens is 370 g/mol. The summed E-state index contributed by atoms with van der Waals surface area (Å²) < 4.78 is 26.1. The summed E-state index contributed by atoms with van der Waals surface area (Å²) >= 11 is 1.67. The van der Waals surface area contributed by atoms with Gasteiger partial charge in [-0.15, -0.1) is 11.3 Å². The number of nitrogens with zero attached hydrogens (tertiary/aromatic N) is 1. The van der Waals surface area contributed by atoms with Gasteiger partial charge in [-0.25, -0.2) is 13.4 Å². The standard InChI is InChI=1S/C18H17N3O3S2/c1-26(23,24)21-14-4-2-3-12(9-14)17(22)19-13-7-8-15-16(10-13)25-18(20-15)11-5-6-11/h2-4,7-11,21H,5-6H2,1H3,(H,19,22). The molecule has 0 spiro atoms. The predicted octanol–water partition coefficient (Wildman–Crippen LogP) is 3.80. The quantitative estimate of drug-likeness (QED) is 0.697. The number of thiazole rings is 1. The maximum absolute atomic E-state index is 12.5. The Hall–Kier alpha value is -2.45. The molecule has 0 atom stereocenters. The summed E-state index contributed by atoms with van der Waals surface area (Å²) in [6.07, 6.45) is 3.49. The molecule has 26 heavy (non-hydrogen) atoms. The van der Waals surface area contributed by atoms with Crippen LogP contribution in [0, 0.1) is 0 Å². The van der Waals surface area contributed by atoms with E-state index in [1.54, 1.807) is 29.5 Å². The van der Waals surface area contributed by atoms with Crippen molar-refractivity contribution in [2.75, 3.05) is 16.3 Å². The zero-order chi connectivity index (χ0) is 18.3. The van der Waals surface area contributed by atoms with E-state index in [1.807, 2.05) is 18.2 Å². The highest BCUT2D eigenvalue weighted by molar-refractivity contribution is 7.92. The summed E-state index contributed by atoms with van der Waals surface area (Å²) in [6.45, 7) is 0. The van der Waals surface area contributed by atoms with Crippen molar-refractivity contribution in [3.8, 4) is 0 Å². The van der Waals surface area contributed by atoms with E-state index in [0.29, 0.717) is 22.9 Å². The van der Waals surface area contributed by atoms with Gasteiger partial charge in [0.2, 0.25) is 10.0 Å². The van der Waals surface area contributed by atoms with Gasteiger partial charge in [0, 0.05) is 22.9 Å². The van der Waals surface area contributed by atoms with Crippen LogP contribution in [0.4, 0.5) is 11.4 Å². The molecule has 0 saturated heterocycles. The normalized spacial score (nSPS) is 14.3. The van der Waals surface area contributed by atoms with Crippen molar-refractivity contribution in [1.82, 2.24) is 4.98 Å². The van der Waals surface area contributed by atoms with Crippen LogP contribution < -0.4 is 10.0 Å².